The van der Waals surface area contributed by atoms with Gasteiger partial charge in [0.1, 0.15) is 11.6 Å². The molecule has 1 N–H and O–H groups in total. The van der Waals surface area contributed by atoms with Gasteiger partial charge in [0.25, 0.3) is 0 Å². The van der Waals surface area contributed by atoms with Crippen LogP contribution in [0.2, 0.25) is 0 Å². The fourth-order valence-electron chi connectivity index (χ4n) is 3.37. The molecular formula is C17H24N6O. The molecule has 0 amide bonds. The number of hydrogen-bond donors (Lipinski definition) is 1. The number of nitrogens with one attached hydrogen (secondary N) is 1. The molecule has 2 aromatic heterocycles. The van der Waals surface area contributed by atoms with Crippen LogP contribution in [0.25, 0.3) is 17.2 Å². The number of nitrogens with zero attached hydrogens (tertiary/aromatic N) is 5. The van der Waals surface area contributed by atoms with Gasteiger partial charge in [0, 0.05) is 20.1 Å². The molecule has 4 rings (SSSR count). The standard InChI is InChI=1S/C17H24N6O/c1-12-19-16-15(17(20-12)23-7-9-24-10-8-23)21-14(22(16)2)11-13-3-5-18-6-4-13/h11,18H,3-10H2,1-2H3. The van der Waals surface area contributed by atoms with E-state index in [1.807, 2.05) is 14.0 Å². The SMILES string of the molecule is Cc1nc(N2CCOCC2)c2nc(C=C3CCNCC3)n(C)c2n1. The lowest BCUT2D eigenvalue weighted by Gasteiger charge is -2.27. The van der Waals surface area contributed by atoms with Crippen molar-refractivity contribution in [3.8, 4) is 0 Å². The van der Waals surface area contributed by atoms with E-state index in [0.717, 1.165) is 80.9 Å². The molecule has 4 heterocycles. The highest BCUT2D eigenvalue weighted by Crippen LogP contribution is 2.26. The lowest BCUT2D eigenvalue weighted by atomic mass is 10.1. The molecule has 0 aromatic carbocycles. The number of piperidine rings is 1. The summed E-state index contributed by atoms with van der Waals surface area (Å²) >= 11 is 0. The molecular weight excluding hydrogens is 304 g/mol. The summed E-state index contributed by atoms with van der Waals surface area (Å²) in [6, 6.07) is 0. The third kappa shape index (κ3) is 2.89. The molecule has 24 heavy (non-hydrogen) atoms. The number of morpholine rings is 1. The van der Waals surface area contributed by atoms with Crippen molar-refractivity contribution in [2.24, 2.45) is 7.05 Å². The minimum absolute atomic E-state index is 0.737. The van der Waals surface area contributed by atoms with Crippen LogP contribution in [0.3, 0.4) is 0 Å². The van der Waals surface area contributed by atoms with Gasteiger partial charge < -0.3 is 19.5 Å². The van der Waals surface area contributed by atoms with E-state index in [1.54, 1.807) is 0 Å². The van der Waals surface area contributed by atoms with Crippen LogP contribution in [-0.2, 0) is 11.8 Å². The van der Waals surface area contributed by atoms with E-state index in [0.29, 0.717) is 0 Å². The van der Waals surface area contributed by atoms with E-state index in [2.05, 4.69) is 30.8 Å². The first-order chi connectivity index (χ1) is 11.7. The number of aromatic nitrogens is 4. The minimum atomic E-state index is 0.737. The van der Waals surface area contributed by atoms with Crippen LogP contribution in [0.1, 0.15) is 24.5 Å². The van der Waals surface area contributed by atoms with Crippen molar-refractivity contribution in [1.29, 1.82) is 0 Å². The van der Waals surface area contributed by atoms with Gasteiger partial charge in [-0.2, -0.15) is 0 Å². The molecule has 0 atom stereocenters. The Balaban J connectivity index is 1.78. The van der Waals surface area contributed by atoms with E-state index in [1.165, 1.54) is 5.57 Å². The quantitative estimate of drug-likeness (QED) is 0.895. The maximum Gasteiger partial charge on any atom is 0.165 e. The summed E-state index contributed by atoms with van der Waals surface area (Å²) in [5, 5.41) is 3.39. The largest absolute Gasteiger partial charge is 0.378 e. The molecule has 2 aliphatic rings. The summed E-state index contributed by atoms with van der Waals surface area (Å²) in [5.74, 6) is 2.69. The van der Waals surface area contributed by atoms with Crippen molar-refractivity contribution in [3.05, 3.63) is 17.2 Å². The molecule has 128 valence electrons. The highest BCUT2D eigenvalue weighted by molar-refractivity contribution is 5.85. The smallest absolute Gasteiger partial charge is 0.165 e. The molecule has 0 bridgehead atoms. The van der Waals surface area contributed by atoms with Crippen LogP contribution in [0.4, 0.5) is 5.82 Å². The van der Waals surface area contributed by atoms with Gasteiger partial charge in [-0.1, -0.05) is 5.57 Å². The third-order valence-electron chi connectivity index (χ3n) is 4.74. The van der Waals surface area contributed by atoms with Crippen molar-refractivity contribution < 1.29 is 4.74 Å². The Bertz CT molecular complexity index is 767. The van der Waals surface area contributed by atoms with Crippen LogP contribution in [0.5, 0.6) is 0 Å². The molecule has 2 saturated heterocycles. The topological polar surface area (TPSA) is 68.1 Å². The van der Waals surface area contributed by atoms with Crippen molar-refractivity contribution in [3.63, 3.8) is 0 Å². The van der Waals surface area contributed by atoms with Gasteiger partial charge in [0.15, 0.2) is 17.0 Å². The van der Waals surface area contributed by atoms with Gasteiger partial charge in [-0.15, -0.1) is 0 Å². The fourth-order valence-corrected chi connectivity index (χ4v) is 3.37. The zero-order valence-electron chi connectivity index (χ0n) is 14.4. The summed E-state index contributed by atoms with van der Waals surface area (Å²) < 4.78 is 7.55. The van der Waals surface area contributed by atoms with Gasteiger partial charge in [-0.3, -0.25) is 0 Å². The van der Waals surface area contributed by atoms with E-state index in [9.17, 15) is 0 Å². The van der Waals surface area contributed by atoms with E-state index < -0.39 is 0 Å². The molecule has 0 radical (unpaired) electrons. The molecule has 7 heteroatoms. The number of rotatable bonds is 2. The van der Waals surface area contributed by atoms with Crippen molar-refractivity contribution in [1.82, 2.24) is 24.8 Å². The monoisotopic (exact) mass is 328 g/mol. The van der Waals surface area contributed by atoms with Gasteiger partial charge in [-0.25, -0.2) is 15.0 Å². The minimum Gasteiger partial charge on any atom is -0.378 e. The Labute approximate surface area is 141 Å². The van der Waals surface area contributed by atoms with Crippen LogP contribution in [0.15, 0.2) is 5.57 Å². The van der Waals surface area contributed by atoms with Gasteiger partial charge in [-0.05, 0) is 38.9 Å². The first kappa shape index (κ1) is 15.5. The van der Waals surface area contributed by atoms with E-state index in [4.69, 9.17) is 9.72 Å². The van der Waals surface area contributed by atoms with Crippen LogP contribution < -0.4 is 10.2 Å². The second kappa shape index (κ2) is 6.49. The van der Waals surface area contributed by atoms with Crippen molar-refractivity contribution >= 4 is 23.1 Å². The second-order valence-corrected chi connectivity index (χ2v) is 6.45. The highest BCUT2D eigenvalue weighted by atomic mass is 16.5. The van der Waals surface area contributed by atoms with Crippen LogP contribution in [-0.4, -0.2) is 58.9 Å². The number of fused-ring (bicyclic) bond motifs is 1. The molecule has 0 aliphatic carbocycles. The molecule has 0 saturated carbocycles. The first-order valence-corrected chi connectivity index (χ1v) is 8.66. The predicted molar refractivity (Wildman–Crippen MR) is 94.2 cm³/mol. The zero-order valence-corrected chi connectivity index (χ0v) is 14.4. The van der Waals surface area contributed by atoms with E-state index in [-0.39, 0.29) is 0 Å². The molecule has 2 aromatic rings. The third-order valence-corrected chi connectivity index (χ3v) is 4.74. The van der Waals surface area contributed by atoms with Crippen LogP contribution in [0, 0.1) is 6.92 Å². The second-order valence-electron chi connectivity index (χ2n) is 6.45. The number of aryl methyl sites for hydroxylation is 2. The Morgan fingerprint density at radius 3 is 2.58 bits per heavy atom. The molecule has 0 unspecified atom stereocenters. The Morgan fingerprint density at radius 1 is 1.08 bits per heavy atom. The van der Waals surface area contributed by atoms with Gasteiger partial charge >= 0.3 is 0 Å². The zero-order chi connectivity index (χ0) is 16.5. The Morgan fingerprint density at radius 2 is 1.83 bits per heavy atom. The number of hydrogen-bond acceptors (Lipinski definition) is 6. The summed E-state index contributed by atoms with van der Waals surface area (Å²) in [6.07, 6.45) is 4.40. The maximum atomic E-state index is 5.47. The Hall–Kier alpha value is -1.99. The average Bonchev–Trinajstić information content (AvgIpc) is 2.92. The summed E-state index contributed by atoms with van der Waals surface area (Å²) in [7, 11) is 2.04. The fraction of sp³-hybridized carbons (Fsp3) is 0.588. The first-order valence-electron chi connectivity index (χ1n) is 8.66. The van der Waals surface area contributed by atoms with Crippen molar-refractivity contribution in [2.75, 3.05) is 44.3 Å². The number of imidazole rings is 1. The van der Waals surface area contributed by atoms with Gasteiger partial charge in [0.05, 0.1) is 13.2 Å². The molecule has 2 fully saturated rings. The lowest BCUT2D eigenvalue weighted by Crippen LogP contribution is -2.37. The predicted octanol–water partition coefficient (Wildman–Crippen LogP) is 1.28. The number of ether oxygens (including phenoxy) is 1. The molecule has 0 spiro atoms. The Kier molecular flexibility index (Phi) is 4.20. The van der Waals surface area contributed by atoms with Gasteiger partial charge in [0.2, 0.25) is 0 Å². The molecule has 2 aliphatic heterocycles. The van der Waals surface area contributed by atoms with Crippen LogP contribution >= 0.6 is 0 Å². The average molecular weight is 328 g/mol. The summed E-state index contributed by atoms with van der Waals surface area (Å²) in [4.78, 5) is 16.5. The van der Waals surface area contributed by atoms with Crippen molar-refractivity contribution in [2.45, 2.75) is 19.8 Å². The summed E-state index contributed by atoms with van der Waals surface area (Å²) in [6.45, 7) is 7.22. The summed E-state index contributed by atoms with van der Waals surface area (Å²) in [5.41, 5.74) is 3.25. The maximum absolute atomic E-state index is 5.47. The highest BCUT2D eigenvalue weighted by Gasteiger charge is 2.21. The van der Waals surface area contributed by atoms with E-state index >= 15 is 0 Å². The number of anilines is 1. The normalized spacial score (nSPS) is 19.1. The lowest BCUT2D eigenvalue weighted by molar-refractivity contribution is 0.122. The molecule has 7 nitrogen and oxygen atoms in total.